The molecule has 2 amide bonds. The van der Waals surface area contributed by atoms with Crippen LogP contribution in [0.2, 0.25) is 0 Å². The Kier molecular flexibility index (Phi) is 6.92. The first-order valence-corrected chi connectivity index (χ1v) is 16.4. The van der Waals surface area contributed by atoms with Crippen molar-refractivity contribution >= 4 is 44.2 Å². The van der Waals surface area contributed by atoms with E-state index in [-0.39, 0.29) is 23.8 Å². The number of likely N-dealkylation sites (N-methyl/N-ethyl adjacent to an activating group) is 1. The minimum atomic E-state index is -1.97. The molecule has 1 aromatic heterocycles. The molecule has 1 aromatic carbocycles. The number of nitrogens with one attached hydrogen (secondary N) is 2. The van der Waals surface area contributed by atoms with Crippen molar-refractivity contribution in [2.45, 2.75) is 89.4 Å². The number of hydrogen-bond acceptors (Lipinski definition) is 7. The van der Waals surface area contributed by atoms with Crippen LogP contribution in [0.1, 0.15) is 58.1 Å². The Morgan fingerprint density at radius 3 is 2.72 bits per heavy atom. The number of halogens is 1. The quantitative estimate of drug-likeness (QED) is 0.353. The largest absolute Gasteiger partial charge is 0.378 e. The molecule has 232 valence electrons. The number of nitrogens with zero attached hydrogens (tertiary/aromatic N) is 3. The molecule has 0 saturated carbocycles. The fourth-order valence-electron chi connectivity index (χ4n) is 8.30. The minimum Gasteiger partial charge on any atom is -0.378 e. The lowest BCUT2D eigenvalue weighted by molar-refractivity contribution is -0.326. The number of piperazine rings is 1. The molecule has 10 nitrogen and oxygen atoms in total. The van der Waals surface area contributed by atoms with Gasteiger partial charge in [0, 0.05) is 41.9 Å². The fourth-order valence-corrected chi connectivity index (χ4v) is 8.88. The van der Waals surface area contributed by atoms with Crippen LogP contribution in [0.4, 0.5) is 0 Å². The van der Waals surface area contributed by atoms with Gasteiger partial charge in [0.15, 0.2) is 0 Å². The second-order valence-corrected chi connectivity index (χ2v) is 14.6. The highest BCUT2D eigenvalue weighted by Gasteiger charge is 2.71. The summed E-state index contributed by atoms with van der Waals surface area (Å²) < 4.78 is 7.51. The molecular weight excluding hydrogens is 614 g/mol. The summed E-state index contributed by atoms with van der Waals surface area (Å²) in [5.41, 5.74) is 2.92. The van der Waals surface area contributed by atoms with Crippen LogP contribution in [0, 0.1) is 17.8 Å². The molecule has 0 radical (unpaired) electrons. The molecule has 4 aliphatic heterocycles. The lowest BCUT2D eigenvalue weighted by Crippen LogP contribution is -2.71. The van der Waals surface area contributed by atoms with Crippen LogP contribution >= 0.6 is 15.9 Å². The molecule has 43 heavy (non-hydrogen) atoms. The Bertz CT molecular complexity index is 1520. The van der Waals surface area contributed by atoms with Crippen molar-refractivity contribution in [1.82, 2.24) is 25.0 Å². The van der Waals surface area contributed by atoms with Crippen molar-refractivity contribution in [1.29, 1.82) is 0 Å². The number of aliphatic hydroxyl groups is 2. The van der Waals surface area contributed by atoms with E-state index in [1.807, 2.05) is 33.8 Å². The third-order valence-corrected chi connectivity index (χ3v) is 11.1. The summed E-state index contributed by atoms with van der Waals surface area (Å²) in [5, 5.41) is 28.4. The Morgan fingerprint density at radius 2 is 2.00 bits per heavy atom. The first-order chi connectivity index (χ1) is 20.4. The van der Waals surface area contributed by atoms with E-state index in [1.165, 1.54) is 15.8 Å². The van der Waals surface area contributed by atoms with Crippen LogP contribution in [0.3, 0.4) is 0 Å². The third-order valence-electron chi connectivity index (χ3n) is 10.4. The molecule has 11 heteroatoms. The molecule has 0 spiro atoms. The molecule has 2 aromatic rings. The van der Waals surface area contributed by atoms with Gasteiger partial charge in [0.1, 0.15) is 18.3 Å². The maximum Gasteiger partial charge on any atom is 0.275 e. The number of carbonyl (C=O) groups excluding carboxylic acids is 2. The number of aromatic amines is 1. The third kappa shape index (κ3) is 4.15. The number of rotatable bonds is 6. The molecule has 7 atom stereocenters. The molecule has 5 aliphatic rings. The van der Waals surface area contributed by atoms with Crippen LogP contribution in [-0.4, -0.2) is 97.8 Å². The zero-order valence-electron chi connectivity index (χ0n) is 25.4. The zero-order chi connectivity index (χ0) is 30.6. The molecule has 7 rings (SSSR count). The predicted molar refractivity (Wildman–Crippen MR) is 165 cm³/mol. The van der Waals surface area contributed by atoms with Gasteiger partial charge in [0.05, 0.1) is 4.60 Å². The van der Waals surface area contributed by atoms with Gasteiger partial charge in [-0.25, -0.2) is 0 Å². The summed E-state index contributed by atoms with van der Waals surface area (Å²) in [6, 6.07) is 4.94. The van der Waals surface area contributed by atoms with Gasteiger partial charge in [0.2, 0.25) is 11.6 Å². The summed E-state index contributed by atoms with van der Waals surface area (Å²) in [7, 11) is 2.07. The van der Waals surface area contributed by atoms with Crippen molar-refractivity contribution in [2.24, 2.45) is 17.8 Å². The number of hydrogen-bond donors (Lipinski definition) is 4. The van der Waals surface area contributed by atoms with E-state index in [0.717, 1.165) is 34.1 Å². The standard InChI is InChI=1S/C32H42BrN5O5/c1-16(2)12-24-29(40)37-11-7-10-25(37)32(42)38(24)30(41)31(43-32,17(3)4)35-28(39)18-13-20-19-8-6-9-22-26(19)21(27(33)34-22)14-23(20)36(5)15-18/h6,8-9,13,16-18,23-25,28,34-35,39,42H,7,10-12,14-15H2,1-5H3/t18-,23-,24+,25+,28?,31-,32+/m1/s1. The number of aliphatic hydroxyl groups excluding tert-OH is 1. The Hall–Kier alpha value is -2.28. The summed E-state index contributed by atoms with van der Waals surface area (Å²) in [4.78, 5) is 36.8. The SMILES string of the molecule is CC(C)C[C@H]1C(=O)N2CCC[C@H]2[C@]2(O)O[C@](NC(O)[C@@H]3C=C4c5cccc6[nH]c(Br)c(c56)C[C@H]4N(C)C3)(C(C)C)C(=O)N12. The lowest BCUT2D eigenvalue weighted by atomic mass is 9.79. The van der Waals surface area contributed by atoms with Crippen molar-refractivity contribution in [2.75, 3.05) is 20.1 Å². The van der Waals surface area contributed by atoms with E-state index in [9.17, 15) is 19.8 Å². The second-order valence-electron chi connectivity index (χ2n) is 13.8. The van der Waals surface area contributed by atoms with Gasteiger partial charge in [-0.2, -0.15) is 0 Å². The summed E-state index contributed by atoms with van der Waals surface area (Å²) in [6.45, 7) is 8.80. The Balaban J connectivity index is 1.24. The summed E-state index contributed by atoms with van der Waals surface area (Å²) in [6.07, 6.45) is 3.53. The highest BCUT2D eigenvalue weighted by molar-refractivity contribution is 9.10. The number of H-pyrrole nitrogens is 1. The van der Waals surface area contributed by atoms with E-state index in [2.05, 4.69) is 56.4 Å². The Labute approximate surface area is 260 Å². The molecule has 1 unspecified atom stereocenters. The molecule has 0 bridgehead atoms. The monoisotopic (exact) mass is 655 g/mol. The van der Waals surface area contributed by atoms with Crippen molar-refractivity contribution < 1.29 is 24.5 Å². The summed E-state index contributed by atoms with van der Waals surface area (Å²) >= 11 is 3.71. The highest BCUT2D eigenvalue weighted by atomic mass is 79.9. The van der Waals surface area contributed by atoms with Gasteiger partial charge in [-0.15, -0.1) is 0 Å². The fraction of sp³-hybridized carbons (Fsp3) is 0.625. The van der Waals surface area contributed by atoms with Crippen molar-refractivity contribution in [3.05, 3.63) is 40.0 Å². The molecule has 3 saturated heterocycles. The minimum absolute atomic E-state index is 0.121. The van der Waals surface area contributed by atoms with Crippen LogP contribution in [0.15, 0.2) is 28.9 Å². The van der Waals surface area contributed by atoms with E-state index in [1.54, 1.807) is 4.90 Å². The average molecular weight is 657 g/mol. The summed E-state index contributed by atoms with van der Waals surface area (Å²) in [5.74, 6) is -3.28. The normalized spacial score (nSPS) is 34.7. The molecule has 4 N–H and O–H groups in total. The second kappa shape index (κ2) is 10.1. The molecule has 3 fully saturated rings. The number of fused-ring (bicyclic) bond motifs is 5. The van der Waals surface area contributed by atoms with Gasteiger partial charge >= 0.3 is 0 Å². The number of ether oxygens (including phenoxy) is 1. The predicted octanol–water partition coefficient (Wildman–Crippen LogP) is 2.98. The first kappa shape index (κ1) is 29.4. The van der Waals surface area contributed by atoms with Gasteiger partial charge in [-0.3, -0.25) is 29.4 Å². The van der Waals surface area contributed by atoms with E-state index < -0.39 is 41.8 Å². The van der Waals surface area contributed by atoms with Gasteiger partial charge in [0.25, 0.3) is 11.8 Å². The van der Waals surface area contributed by atoms with Crippen LogP contribution < -0.4 is 5.32 Å². The van der Waals surface area contributed by atoms with Crippen molar-refractivity contribution in [3.8, 4) is 0 Å². The van der Waals surface area contributed by atoms with Crippen LogP contribution in [-0.2, 0) is 20.7 Å². The highest BCUT2D eigenvalue weighted by Crippen LogP contribution is 2.49. The van der Waals surface area contributed by atoms with Gasteiger partial charge in [-0.05, 0) is 77.3 Å². The van der Waals surface area contributed by atoms with Crippen molar-refractivity contribution in [3.63, 3.8) is 0 Å². The molecular formula is C32H42BrN5O5. The smallest absolute Gasteiger partial charge is 0.275 e. The molecule has 5 heterocycles. The maximum atomic E-state index is 14.5. The Morgan fingerprint density at radius 1 is 1.23 bits per heavy atom. The first-order valence-electron chi connectivity index (χ1n) is 15.6. The zero-order valence-corrected chi connectivity index (χ0v) is 27.0. The van der Waals surface area contributed by atoms with E-state index in [0.29, 0.717) is 25.9 Å². The van der Waals surface area contributed by atoms with Crippen LogP contribution in [0.25, 0.3) is 16.5 Å². The lowest BCUT2D eigenvalue weighted by Gasteiger charge is -2.49. The van der Waals surface area contributed by atoms with Gasteiger partial charge in [-0.1, -0.05) is 45.9 Å². The van der Waals surface area contributed by atoms with Gasteiger partial charge < -0.3 is 20.1 Å². The number of amides is 2. The average Bonchev–Trinajstić information content (AvgIpc) is 3.63. The van der Waals surface area contributed by atoms with E-state index >= 15 is 0 Å². The van der Waals surface area contributed by atoms with E-state index in [4.69, 9.17) is 4.74 Å². The molecule has 1 aliphatic carbocycles. The van der Waals surface area contributed by atoms with Crippen LogP contribution in [0.5, 0.6) is 0 Å². The number of aromatic nitrogens is 1. The maximum absolute atomic E-state index is 14.5. The topological polar surface area (TPSA) is 121 Å². The number of benzene rings is 1. The number of carbonyl (C=O) groups is 2.